The van der Waals surface area contributed by atoms with Crippen molar-refractivity contribution in [1.82, 2.24) is 20.3 Å². The minimum Gasteiger partial charge on any atom is -0.382 e. The van der Waals surface area contributed by atoms with Crippen LogP contribution in [0.25, 0.3) is 0 Å². The van der Waals surface area contributed by atoms with Crippen molar-refractivity contribution in [2.24, 2.45) is 7.05 Å². The average Bonchev–Trinajstić information content (AvgIpc) is 3.08. The molecule has 114 valence electrons. The molecule has 0 radical (unpaired) electrons. The van der Waals surface area contributed by atoms with Crippen LogP contribution in [0.1, 0.15) is 41.3 Å². The molecule has 0 fully saturated rings. The highest BCUT2D eigenvalue weighted by Gasteiger charge is 2.20. The Balaban J connectivity index is 2.09. The van der Waals surface area contributed by atoms with E-state index in [4.69, 9.17) is 9.26 Å². The second kappa shape index (κ2) is 7.03. The predicted octanol–water partition coefficient (Wildman–Crippen LogP) is 1.48. The summed E-state index contributed by atoms with van der Waals surface area (Å²) in [5, 5.41) is 10.8. The fourth-order valence-corrected chi connectivity index (χ4v) is 2.11. The van der Waals surface area contributed by atoms with Crippen molar-refractivity contribution < 1.29 is 14.1 Å². The van der Waals surface area contributed by atoms with Crippen molar-refractivity contribution in [2.75, 3.05) is 13.7 Å². The first-order valence-corrected chi connectivity index (χ1v) is 6.89. The second-order valence-electron chi connectivity index (χ2n) is 4.79. The van der Waals surface area contributed by atoms with Crippen molar-refractivity contribution >= 4 is 5.91 Å². The van der Waals surface area contributed by atoms with Gasteiger partial charge in [-0.2, -0.15) is 5.10 Å². The summed E-state index contributed by atoms with van der Waals surface area (Å²) in [6.45, 7) is 2.39. The number of nitrogens with one attached hydrogen (secondary N) is 1. The van der Waals surface area contributed by atoms with Crippen LogP contribution in [-0.2, 0) is 18.2 Å². The van der Waals surface area contributed by atoms with E-state index in [1.807, 2.05) is 20.0 Å². The van der Waals surface area contributed by atoms with Gasteiger partial charge in [0, 0.05) is 32.8 Å². The summed E-state index contributed by atoms with van der Waals surface area (Å²) >= 11 is 0. The van der Waals surface area contributed by atoms with Gasteiger partial charge in [-0.15, -0.1) is 0 Å². The van der Waals surface area contributed by atoms with Gasteiger partial charge in [-0.25, -0.2) is 0 Å². The fraction of sp³-hybridized carbons (Fsp3) is 0.500. The lowest BCUT2D eigenvalue weighted by molar-refractivity contribution is 0.0883. The summed E-state index contributed by atoms with van der Waals surface area (Å²) in [7, 11) is 3.41. The van der Waals surface area contributed by atoms with Crippen LogP contribution in [0.3, 0.4) is 0 Å². The number of hydrogen-bond donors (Lipinski definition) is 1. The van der Waals surface area contributed by atoms with Gasteiger partial charge >= 0.3 is 0 Å². The summed E-state index contributed by atoms with van der Waals surface area (Å²) in [6, 6.07) is 3.22. The monoisotopic (exact) mass is 292 g/mol. The molecule has 0 aromatic carbocycles. The van der Waals surface area contributed by atoms with Gasteiger partial charge < -0.3 is 14.6 Å². The molecule has 0 bridgehead atoms. The summed E-state index contributed by atoms with van der Waals surface area (Å²) in [5.41, 5.74) is 1.14. The molecular weight excluding hydrogens is 272 g/mol. The lowest BCUT2D eigenvalue weighted by Gasteiger charge is -2.17. The van der Waals surface area contributed by atoms with E-state index in [0.717, 1.165) is 18.5 Å². The normalized spacial score (nSPS) is 12.3. The third-order valence-corrected chi connectivity index (χ3v) is 3.14. The molecule has 21 heavy (non-hydrogen) atoms. The number of aromatic nitrogens is 3. The summed E-state index contributed by atoms with van der Waals surface area (Å²) < 4.78 is 12.0. The lowest BCUT2D eigenvalue weighted by Crippen LogP contribution is -2.32. The Kier molecular flexibility index (Phi) is 5.10. The number of amides is 1. The molecule has 0 aliphatic heterocycles. The average molecular weight is 292 g/mol. The number of nitrogens with zero attached hydrogens (tertiary/aromatic N) is 3. The Morgan fingerprint density at radius 3 is 3.00 bits per heavy atom. The van der Waals surface area contributed by atoms with Crippen LogP contribution in [0.4, 0.5) is 0 Å². The van der Waals surface area contributed by atoms with Crippen LogP contribution in [0.2, 0.25) is 0 Å². The van der Waals surface area contributed by atoms with Gasteiger partial charge in [-0.05, 0) is 12.5 Å². The number of carbonyl (C=O) groups is 1. The van der Waals surface area contributed by atoms with Crippen LogP contribution in [0, 0.1) is 0 Å². The highest BCUT2D eigenvalue weighted by atomic mass is 16.5. The van der Waals surface area contributed by atoms with Crippen molar-refractivity contribution in [2.45, 2.75) is 25.8 Å². The molecule has 2 heterocycles. The Hall–Kier alpha value is -2.15. The van der Waals surface area contributed by atoms with E-state index in [1.54, 1.807) is 24.1 Å². The molecule has 0 aliphatic carbocycles. The smallest absolute Gasteiger partial charge is 0.274 e. The van der Waals surface area contributed by atoms with Crippen LogP contribution in [0.15, 0.2) is 22.9 Å². The maximum absolute atomic E-state index is 12.2. The standard InChI is InChI=1S/C14H20N4O3/c1-4-5-10-8-11(17-21-10)14(19)16-12(9-20-3)13-6-7-15-18(13)2/h6-8,12H,4-5,9H2,1-3H3,(H,16,19)/t12-/m0/s1. The zero-order valence-corrected chi connectivity index (χ0v) is 12.5. The molecule has 0 spiro atoms. The molecule has 0 unspecified atom stereocenters. The van der Waals surface area contributed by atoms with E-state index in [1.165, 1.54) is 0 Å². The second-order valence-corrected chi connectivity index (χ2v) is 4.79. The first-order chi connectivity index (χ1) is 10.2. The quantitative estimate of drug-likeness (QED) is 0.835. The Morgan fingerprint density at radius 2 is 2.38 bits per heavy atom. The van der Waals surface area contributed by atoms with Crippen molar-refractivity contribution in [3.05, 3.63) is 35.5 Å². The van der Waals surface area contributed by atoms with Gasteiger partial charge in [-0.3, -0.25) is 9.48 Å². The maximum Gasteiger partial charge on any atom is 0.274 e. The van der Waals surface area contributed by atoms with E-state index in [0.29, 0.717) is 12.4 Å². The molecule has 1 N–H and O–H groups in total. The number of hydrogen-bond acceptors (Lipinski definition) is 5. The van der Waals surface area contributed by atoms with Gasteiger partial charge in [0.2, 0.25) is 0 Å². The SMILES string of the molecule is CCCc1cc(C(=O)N[C@@H](COC)c2ccnn2C)no1. The van der Waals surface area contributed by atoms with Crippen LogP contribution < -0.4 is 5.32 Å². The number of ether oxygens (including phenoxy) is 1. The van der Waals surface area contributed by atoms with Gasteiger partial charge in [0.05, 0.1) is 18.3 Å². The third kappa shape index (κ3) is 3.69. The minimum absolute atomic E-state index is 0.279. The highest BCUT2D eigenvalue weighted by molar-refractivity contribution is 5.92. The molecule has 2 rings (SSSR count). The zero-order chi connectivity index (χ0) is 15.2. The first-order valence-electron chi connectivity index (χ1n) is 6.89. The Labute approximate surface area is 123 Å². The number of aryl methyl sites for hydroxylation is 2. The van der Waals surface area contributed by atoms with E-state index < -0.39 is 0 Å². The van der Waals surface area contributed by atoms with Crippen LogP contribution >= 0.6 is 0 Å². The van der Waals surface area contributed by atoms with Gasteiger partial charge in [0.25, 0.3) is 5.91 Å². The fourth-order valence-electron chi connectivity index (χ4n) is 2.11. The summed E-state index contributed by atoms with van der Waals surface area (Å²) in [4.78, 5) is 12.2. The number of methoxy groups -OCH3 is 1. The molecule has 0 saturated heterocycles. The predicted molar refractivity (Wildman–Crippen MR) is 75.8 cm³/mol. The van der Waals surface area contributed by atoms with Crippen molar-refractivity contribution in [3.63, 3.8) is 0 Å². The number of rotatable bonds is 7. The lowest BCUT2D eigenvalue weighted by atomic mass is 10.2. The Bertz CT molecular complexity index is 591. The maximum atomic E-state index is 12.2. The molecule has 1 amide bonds. The zero-order valence-electron chi connectivity index (χ0n) is 12.5. The van der Waals surface area contributed by atoms with Crippen LogP contribution in [-0.4, -0.2) is 34.6 Å². The van der Waals surface area contributed by atoms with Crippen molar-refractivity contribution in [1.29, 1.82) is 0 Å². The van der Waals surface area contributed by atoms with Crippen molar-refractivity contribution in [3.8, 4) is 0 Å². The minimum atomic E-state index is -0.290. The van der Waals surface area contributed by atoms with E-state index >= 15 is 0 Å². The molecule has 7 heteroatoms. The number of carbonyl (C=O) groups excluding carboxylic acids is 1. The van der Waals surface area contributed by atoms with E-state index in [-0.39, 0.29) is 17.6 Å². The molecule has 1 atom stereocenters. The highest BCUT2D eigenvalue weighted by Crippen LogP contribution is 2.13. The third-order valence-electron chi connectivity index (χ3n) is 3.14. The molecule has 0 aliphatic rings. The largest absolute Gasteiger partial charge is 0.382 e. The molecular formula is C14H20N4O3. The molecule has 2 aromatic rings. The first kappa shape index (κ1) is 15.2. The topological polar surface area (TPSA) is 82.2 Å². The molecule has 2 aromatic heterocycles. The molecule has 0 saturated carbocycles. The van der Waals surface area contributed by atoms with E-state index in [9.17, 15) is 4.79 Å². The van der Waals surface area contributed by atoms with Gasteiger partial charge in [-0.1, -0.05) is 12.1 Å². The van der Waals surface area contributed by atoms with Crippen LogP contribution in [0.5, 0.6) is 0 Å². The Morgan fingerprint density at radius 1 is 1.57 bits per heavy atom. The van der Waals surface area contributed by atoms with Gasteiger partial charge in [0.15, 0.2) is 5.69 Å². The van der Waals surface area contributed by atoms with E-state index in [2.05, 4.69) is 15.6 Å². The summed E-state index contributed by atoms with van der Waals surface area (Å²) in [6.07, 6.45) is 3.39. The molecule has 7 nitrogen and oxygen atoms in total. The van der Waals surface area contributed by atoms with Gasteiger partial charge in [0.1, 0.15) is 5.76 Å². The summed E-state index contributed by atoms with van der Waals surface area (Å²) in [5.74, 6) is 0.427.